The number of rotatable bonds is 7. The normalized spacial score (nSPS) is 17.8. The fourth-order valence-corrected chi connectivity index (χ4v) is 2.43. The third-order valence-electron chi connectivity index (χ3n) is 3.40. The molecular formula is C16H25NO. The van der Waals surface area contributed by atoms with Crippen LogP contribution in [0.4, 0.5) is 0 Å². The SMILES string of the molecule is CC(C)CNCCCCC1Cc2ccccc2O1. The average molecular weight is 247 g/mol. The highest BCUT2D eigenvalue weighted by molar-refractivity contribution is 5.37. The minimum Gasteiger partial charge on any atom is -0.490 e. The Labute approximate surface area is 111 Å². The fraction of sp³-hybridized carbons (Fsp3) is 0.625. The van der Waals surface area contributed by atoms with Gasteiger partial charge in [-0.3, -0.25) is 0 Å². The van der Waals surface area contributed by atoms with Crippen molar-refractivity contribution in [3.05, 3.63) is 29.8 Å². The molecule has 0 amide bonds. The summed E-state index contributed by atoms with van der Waals surface area (Å²) in [4.78, 5) is 0. The number of fused-ring (bicyclic) bond motifs is 1. The zero-order valence-electron chi connectivity index (χ0n) is 11.6. The van der Waals surface area contributed by atoms with Crippen LogP contribution in [0.25, 0.3) is 0 Å². The third kappa shape index (κ3) is 4.02. The van der Waals surface area contributed by atoms with Crippen molar-refractivity contribution >= 4 is 0 Å². The lowest BCUT2D eigenvalue weighted by Gasteiger charge is -2.11. The molecule has 1 aliphatic heterocycles. The van der Waals surface area contributed by atoms with Gasteiger partial charge in [0.1, 0.15) is 11.9 Å². The number of nitrogens with one attached hydrogen (secondary N) is 1. The molecule has 1 N–H and O–H groups in total. The highest BCUT2D eigenvalue weighted by atomic mass is 16.5. The maximum Gasteiger partial charge on any atom is 0.123 e. The smallest absolute Gasteiger partial charge is 0.123 e. The van der Waals surface area contributed by atoms with Crippen molar-refractivity contribution in [2.45, 2.75) is 45.6 Å². The maximum atomic E-state index is 5.93. The van der Waals surface area contributed by atoms with Crippen LogP contribution >= 0.6 is 0 Å². The molecule has 0 fully saturated rings. The zero-order chi connectivity index (χ0) is 12.8. The van der Waals surface area contributed by atoms with E-state index in [2.05, 4.69) is 43.4 Å². The fourth-order valence-electron chi connectivity index (χ4n) is 2.43. The number of hydrogen-bond acceptors (Lipinski definition) is 2. The minimum absolute atomic E-state index is 0.410. The predicted octanol–water partition coefficient (Wildman–Crippen LogP) is 3.41. The van der Waals surface area contributed by atoms with Crippen molar-refractivity contribution in [2.75, 3.05) is 13.1 Å². The lowest BCUT2D eigenvalue weighted by atomic mass is 10.1. The van der Waals surface area contributed by atoms with Gasteiger partial charge >= 0.3 is 0 Å². The molecule has 0 aromatic heterocycles. The highest BCUT2D eigenvalue weighted by Gasteiger charge is 2.21. The van der Waals surface area contributed by atoms with Gasteiger partial charge in [0.05, 0.1) is 0 Å². The Morgan fingerprint density at radius 1 is 1.28 bits per heavy atom. The summed E-state index contributed by atoms with van der Waals surface area (Å²) in [5, 5.41) is 3.49. The van der Waals surface area contributed by atoms with E-state index in [4.69, 9.17) is 4.74 Å². The Hall–Kier alpha value is -1.02. The van der Waals surface area contributed by atoms with E-state index in [1.165, 1.54) is 24.8 Å². The molecule has 2 rings (SSSR count). The second kappa shape index (κ2) is 6.79. The van der Waals surface area contributed by atoms with Crippen LogP contribution in [0.3, 0.4) is 0 Å². The molecule has 0 saturated heterocycles. The second-order valence-corrected chi connectivity index (χ2v) is 5.65. The Balaban J connectivity index is 1.57. The number of unbranched alkanes of at least 4 members (excludes halogenated alkanes) is 1. The molecule has 1 atom stereocenters. The minimum atomic E-state index is 0.410. The summed E-state index contributed by atoms with van der Waals surface area (Å²) in [7, 11) is 0. The van der Waals surface area contributed by atoms with Crippen molar-refractivity contribution in [3.8, 4) is 5.75 Å². The van der Waals surface area contributed by atoms with Crippen molar-refractivity contribution in [2.24, 2.45) is 5.92 Å². The van der Waals surface area contributed by atoms with E-state index < -0.39 is 0 Å². The first-order chi connectivity index (χ1) is 8.75. The van der Waals surface area contributed by atoms with Crippen LogP contribution < -0.4 is 10.1 Å². The van der Waals surface area contributed by atoms with Gasteiger partial charge in [-0.15, -0.1) is 0 Å². The Bertz CT molecular complexity index is 337. The molecule has 0 saturated carbocycles. The van der Waals surface area contributed by atoms with E-state index in [1.54, 1.807) is 0 Å². The molecule has 1 aliphatic rings. The molecule has 0 bridgehead atoms. The average Bonchev–Trinajstić information content (AvgIpc) is 2.75. The van der Waals surface area contributed by atoms with Crippen molar-refractivity contribution in [1.82, 2.24) is 5.32 Å². The Morgan fingerprint density at radius 3 is 2.89 bits per heavy atom. The maximum absolute atomic E-state index is 5.93. The van der Waals surface area contributed by atoms with Gasteiger partial charge in [0.15, 0.2) is 0 Å². The molecule has 1 unspecified atom stereocenters. The molecule has 18 heavy (non-hydrogen) atoms. The van der Waals surface area contributed by atoms with E-state index >= 15 is 0 Å². The van der Waals surface area contributed by atoms with E-state index in [9.17, 15) is 0 Å². The molecule has 0 radical (unpaired) electrons. The van der Waals surface area contributed by atoms with Gasteiger partial charge < -0.3 is 10.1 Å². The van der Waals surface area contributed by atoms with Crippen LogP contribution in [0.15, 0.2) is 24.3 Å². The lowest BCUT2D eigenvalue weighted by molar-refractivity contribution is 0.216. The largest absolute Gasteiger partial charge is 0.490 e. The number of ether oxygens (including phenoxy) is 1. The molecular weight excluding hydrogens is 222 g/mol. The van der Waals surface area contributed by atoms with E-state index in [0.717, 1.165) is 31.2 Å². The summed E-state index contributed by atoms with van der Waals surface area (Å²) in [6.07, 6.45) is 5.19. The first kappa shape index (κ1) is 13.4. The summed E-state index contributed by atoms with van der Waals surface area (Å²) in [5.74, 6) is 1.85. The van der Waals surface area contributed by atoms with Crippen molar-refractivity contribution < 1.29 is 4.74 Å². The third-order valence-corrected chi connectivity index (χ3v) is 3.40. The van der Waals surface area contributed by atoms with Crippen molar-refractivity contribution in [3.63, 3.8) is 0 Å². The van der Waals surface area contributed by atoms with Crippen LogP contribution in [0.2, 0.25) is 0 Å². The van der Waals surface area contributed by atoms with Gasteiger partial charge in [0, 0.05) is 6.42 Å². The number of para-hydroxylation sites is 1. The van der Waals surface area contributed by atoms with Crippen LogP contribution in [-0.2, 0) is 6.42 Å². The molecule has 2 heteroatoms. The summed E-state index contributed by atoms with van der Waals surface area (Å²) >= 11 is 0. The molecule has 0 spiro atoms. The molecule has 2 nitrogen and oxygen atoms in total. The second-order valence-electron chi connectivity index (χ2n) is 5.65. The monoisotopic (exact) mass is 247 g/mol. The standard InChI is InChI=1S/C16H25NO/c1-13(2)12-17-10-6-5-8-15-11-14-7-3-4-9-16(14)18-15/h3-4,7,9,13,15,17H,5-6,8,10-12H2,1-2H3. The molecule has 100 valence electrons. The molecule has 0 aliphatic carbocycles. The van der Waals surface area contributed by atoms with Crippen LogP contribution in [-0.4, -0.2) is 19.2 Å². The van der Waals surface area contributed by atoms with E-state index in [1.807, 2.05) is 0 Å². The Morgan fingerprint density at radius 2 is 2.11 bits per heavy atom. The van der Waals surface area contributed by atoms with Crippen LogP contribution in [0.5, 0.6) is 5.75 Å². The Kier molecular flexibility index (Phi) is 5.06. The molecule has 1 heterocycles. The predicted molar refractivity (Wildman–Crippen MR) is 76.1 cm³/mol. The van der Waals surface area contributed by atoms with E-state index in [-0.39, 0.29) is 0 Å². The van der Waals surface area contributed by atoms with Gasteiger partial charge in [-0.05, 0) is 49.9 Å². The van der Waals surface area contributed by atoms with Gasteiger partial charge in [0.2, 0.25) is 0 Å². The topological polar surface area (TPSA) is 21.3 Å². The quantitative estimate of drug-likeness (QED) is 0.746. The summed E-state index contributed by atoms with van der Waals surface area (Å²) in [6.45, 7) is 6.76. The zero-order valence-corrected chi connectivity index (χ0v) is 11.6. The summed E-state index contributed by atoms with van der Waals surface area (Å²) < 4.78 is 5.93. The lowest BCUT2D eigenvalue weighted by Crippen LogP contribution is -2.21. The van der Waals surface area contributed by atoms with Gasteiger partial charge in [0.25, 0.3) is 0 Å². The molecule has 1 aromatic rings. The summed E-state index contributed by atoms with van der Waals surface area (Å²) in [5.41, 5.74) is 1.38. The first-order valence-corrected chi connectivity index (χ1v) is 7.21. The van der Waals surface area contributed by atoms with Crippen molar-refractivity contribution in [1.29, 1.82) is 0 Å². The number of hydrogen-bond donors (Lipinski definition) is 1. The number of benzene rings is 1. The summed E-state index contributed by atoms with van der Waals surface area (Å²) in [6, 6.07) is 8.41. The van der Waals surface area contributed by atoms with Gasteiger partial charge in [-0.25, -0.2) is 0 Å². The van der Waals surface area contributed by atoms with Crippen LogP contribution in [0, 0.1) is 5.92 Å². The van der Waals surface area contributed by atoms with Crippen LogP contribution in [0.1, 0.15) is 38.7 Å². The highest BCUT2D eigenvalue weighted by Crippen LogP contribution is 2.29. The molecule has 1 aromatic carbocycles. The van der Waals surface area contributed by atoms with Gasteiger partial charge in [-0.2, -0.15) is 0 Å². The first-order valence-electron chi connectivity index (χ1n) is 7.21. The van der Waals surface area contributed by atoms with Gasteiger partial charge in [-0.1, -0.05) is 32.0 Å². The van der Waals surface area contributed by atoms with E-state index in [0.29, 0.717) is 6.10 Å².